The number of hydrogen-bond donors (Lipinski definition) is 0. The van der Waals surface area contributed by atoms with Crippen LogP contribution in [0.2, 0.25) is 0 Å². The second kappa shape index (κ2) is 8.98. The summed E-state index contributed by atoms with van der Waals surface area (Å²) in [4.78, 5) is 31.2. The van der Waals surface area contributed by atoms with Crippen molar-refractivity contribution in [2.45, 2.75) is 82.5 Å². The molecule has 2 saturated heterocycles. The van der Waals surface area contributed by atoms with Crippen LogP contribution >= 0.6 is 0 Å². The van der Waals surface area contributed by atoms with Gasteiger partial charge in [-0.05, 0) is 45.6 Å². The van der Waals surface area contributed by atoms with Crippen LogP contribution in [0.5, 0.6) is 0 Å². The Hall–Kier alpha value is -2.59. The Bertz CT molecular complexity index is 906. The van der Waals surface area contributed by atoms with Gasteiger partial charge in [-0.3, -0.25) is 9.69 Å². The SMILES string of the molecule is CC(=O)N(C1CCN(C2(CC#N)CN(C(=O)OC(C)(C)C)C2)CC1)C1CC1c1ccccc1. The lowest BCUT2D eigenvalue weighted by molar-refractivity contribution is -0.134. The highest BCUT2D eigenvalue weighted by Gasteiger charge is 2.52. The molecule has 0 spiro atoms. The van der Waals surface area contributed by atoms with Crippen molar-refractivity contribution in [3.05, 3.63) is 35.9 Å². The Balaban J connectivity index is 1.35. The molecular weight excluding hydrogens is 416 g/mol. The zero-order valence-corrected chi connectivity index (χ0v) is 20.3. The Labute approximate surface area is 197 Å². The summed E-state index contributed by atoms with van der Waals surface area (Å²) >= 11 is 0. The van der Waals surface area contributed by atoms with E-state index in [0.29, 0.717) is 31.5 Å². The number of nitriles is 1. The number of hydrogen-bond acceptors (Lipinski definition) is 5. The van der Waals surface area contributed by atoms with Gasteiger partial charge >= 0.3 is 6.09 Å². The van der Waals surface area contributed by atoms with E-state index in [2.05, 4.69) is 40.1 Å². The number of nitrogens with zero attached hydrogens (tertiary/aromatic N) is 4. The molecule has 2 atom stereocenters. The first-order valence-electron chi connectivity index (χ1n) is 12.1. The molecule has 0 radical (unpaired) electrons. The van der Waals surface area contributed by atoms with Gasteiger partial charge in [0.05, 0.1) is 18.0 Å². The van der Waals surface area contributed by atoms with Gasteiger partial charge < -0.3 is 14.5 Å². The van der Waals surface area contributed by atoms with Crippen molar-refractivity contribution in [2.75, 3.05) is 26.2 Å². The number of amides is 2. The minimum Gasteiger partial charge on any atom is -0.444 e. The predicted octanol–water partition coefficient (Wildman–Crippen LogP) is 3.76. The lowest BCUT2D eigenvalue weighted by atomic mass is 9.83. The van der Waals surface area contributed by atoms with E-state index >= 15 is 0 Å². The fraction of sp³-hybridized carbons (Fsp3) is 0.654. The molecule has 3 aliphatic rings. The molecule has 4 rings (SSSR count). The normalized spacial score (nSPS) is 25.0. The average Bonchev–Trinajstić information content (AvgIpc) is 3.50. The van der Waals surface area contributed by atoms with Gasteiger partial charge in [-0.25, -0.2) is 4.79 Å². The average molecular weight is 453 g/mol. The van der Waals surface area contributed by atoms with E-state index in [-0.39, 0.29) is 23.6 Å². The fourth-order valence-electron chi connectivity index (χ4n) is 5.62. The van der Waals surface area contributed by atoms with Crippen molar-refractivity contribution >= 4 is 12.0 Å². The van der Waals surface area contributed by atoms with Crippen molar-refractivity contribution in [3.63, 3.8) is 0 Å². The summed E-state index contributed by atoms with van der Waals surface area (Å²) < 4.78 is 5.50. The maximum absolute atomic E-state index is 12.6. The van der Waals surface area contributed by atoms with E-state index in [1.165, 1.54) is 5.56 Å². The quantitative estimate of drug-likeness (QED) is 0.680. The van der Waals surface area contributed by atoms with Gasteiger partial charge in [0.25, 0.3) is 0 Å². The fourth-order valence-corrected chi connectivity index (χ4v) is 5.62. The molecule has 1 aliphatic carbocycles. The second-order valence-corrected chi connectivity index (χ2v) is 10.9. The lowest BCUT2D eigenvalue weighted by Gasteiger charge is -2.56. The number of rotatable bonds is 5. The molecule has 178 valence electrons. The number of carbonyl (C=O) groups excluding carboxylic acids is 2. The van der Waals surface area contributed by atoms with Gasteiger partial charge in [-0.15, -0.1) is 0 Å². The largest absolute Gasteiger partial charge is 0.444 e. The number of benzene rings is 1. The third-order valence-electron chi connectivity index (χ3n) is 7.26. The van der Waals surface area contributed by atoms with E-state index in [1.54, 1.807) is 11.8 Å². The van der Waals surface area contributed by atoms with Gasteiger partial charge in [-0.1, -0.05) is 30.3 Å². The topological polar surface area (TPSA) is 76.9 Å². The Kier molecular flexibility index (Phi) is 6.41. The summed E-state index contributed by atoms with van der Waals surface area (Å²) in [6, 6.07) is 13.3. The standard InChI is InChI=1S/C26H36N4O3/c1-19(31)30(23-16-22(23)20-8-6-5-7-9-20)21-10-14-29(15-11-21)26(12-13-27)17-28(18-26)24(32)33-25(2,3)4/h5-9,21-23H,10-12,14-18H2,1-4H3. The van der Waals surface area contributed by atoms with Crippen LogP contribution in [0.3, 0.4) is 0 Å². The first-order valence-corrected chi connectivity index (χ1v) is 12.1. The first-order chi connectivity index (χ1) is 15.6. The third-order valence-corrected chi connectivity index (χ3v) is 7.26. The predicted molar refractivity (Wildman–Crippen MR) is 125 cm³/mol. The molecule has 2 heterocycles. The molecular formula is C26H36N4O3. The maximum Gasteiger partial charge on any atom is 0.410 e. The molecule has 2 unspecified atom stereocenters. The van der Waals surface area contributed by atoms with Crippen LogP contribution in [-0.4, -0.2) is 76.1 Å². The smallest absolute Gasteiger partial charge is 0.410 e. The van der Waals surface area contributed by atoms with Crippen molar-refractivity contribution in [3.8, 4) is 6.07 Å². The van der Waals surface area contributed by atoms with Crippen LogP contribution in [0, 0.1) is 11.3 Å². The van der Waals surface area contributed by atoms with Crippen LogP contribution in [-0.2, 0) is 9.53 Å². The number of carbonyl (C=O) groups is 2. The highest BCUT2D eigenvalue weighted by molar-refractivity contribution is 5.75. The maximum atomic E-state index is 12.6. The van der Waals surface area contributed by atoms with E-state index in [9.17, 15) is 14.9 Å². The monoisotopic (exact) mass is 452 g/mol. The molecule has 0 N–H and O–H groups in total. The van der Waals surface area contributed by atoms with Gasteiger partial charge in [-0.2, -0.15) is 5.26 Å². The first kappa shape index (κ1) is 23.6. The number of ether oxygens (including phenoxy) is 1. The Morgan fingerprint density at radius 1 is 1.18 bits per heavy atom. The number of piperidine rings is 1. The van der Waals surface area contributed by atoms with E-state index in [1.807, 2.05) is 26.8 Å². The zero-order valence-electron chi connectivity index (χ0n) is 20.3. The highest BCUT2D eigenvalue weighted by atomic mass is 16.6. The molecule has 33 heavy (non-hydrogen) atoms. The van der Waals surface area contributed by atoms with Gasteiger partial charge in [0.1, 0.15) is 5.60 Å². The molecule has 1 aromatic rings. The number of likely N-dealkylation sites (tertiary alicyclic amines) is 2. The molecule has 7 nitrogen and oxygen atoms in total. The van der Waals surface area contributed by atoms with Gasteiger partial charge in [0, 0.05) is 51.1 Å². The minimum absolute atomic E-state index is 0.156. The summed E-state index contributed by atoms with van der Waals surface area (Å²) in [6.45, 7) is 9.99. The highest BCUT2D eigenvalue weighted by Crippen LogP contribution is 2.46. The lowest BCUT2D eigenvalue weighted by Crippen LogP contribution is -2.72. The van der Waals surface area contributed by atoms with Crippen LogP contribution in [0.4, 0.5) is 4.79 Å². The molecule has 1 saturated carbocycles. The summed E-state index contributed by atoms with van der Waals surface area (Å²) in [5, 5.41) is 9.48. The molecule has 1 aromatic carbocycles. The van der Waals surface area contributed by atoms with Gasteiger partial charge in [0.2, 0.25) is 5.91 Å². The molecule has 0 aromatic heterocycles. The third kappa shape index (κ3) is 5.01. The second-order valence-electron chi connectivity index (χ2n) is 10.9. The van der Waals surface area contributed by atoms with E-state index < -0.39 is 5.60 Å². The van der Waals surface area contributed by atoms with Crippen LogP contribution in [0.25, 0.3) is 0 Å². The summed E-state index contributed by atoms with van der Waals surface area (Å²) in [7, 11) is 0. The van der Waals surface area contributed by atoms with Crippen LogP contribution < -0.4 is 0 Å². The van der Waals surface area contributed by atoms with Crippen molar-refractivity contribution in [1.29, 1.82) is 5.26 Å². The Morgan fingerprint density at radius 2 is 1.82 bits per heavy atom. The summed E-state index contributed by atoms with van der Waals surface area (Å²) in [6.07, 6.45) is 2.92. The molecule has 7 heteroatoms. The van der Waals surface area contributed by atoms with Crippen LogP contribution in [0.1, 0.15) is 64.9 Å². The molecule has 0 bridgehead atoms. The molecule has 2 aliphatic heterocycles. The zero-order chi connectivity index (χ0) is 23.8. The van der Waals surface area contributed by atoms with E-state index in [4.69, 9.17) is 4.74 Å². The summed E-state index contributed by atoms with van der Waals surface area (Å²) in [5.41, 5.74) is 0.486. The molecule has 3 fully saturated rings. The van der Waals surface area contributed by atoms with Crippen molar-refractivity contribution in [1.82, 2.24) is 14.7 Å². The minimum atomic E-state index is -0.528. The summed E-state index contributed by atoms with van der Waals surface area (Å²) in [5.74, 6) is 0.593. The molecule has 2 amide bonds. The van der Waals surface area contributed by atoms with Gasteiger partial charge in [0.15, 0.2) is 0 Å². The van der Waals surface area contributed by atoms with Crippen molar-refractivity contribution in [2.24, 2.45) is 0 Å². The van der Waals surface area contributed by atoms with E-state index in [0.717, 1.165) is 32.4 Å². The Morgan fingerprint density at radius 3 is 2.36 bits per heavy atom. The van der Waals surface area contributed by atoms with Crippen molar-refractivity contribution < 1.29 is 14.3 Å². The van der Waals surface area contributed by atoms with Crippen LogP contribution in [0.15, 0.2) is 30.3 Å².